The molecule has 1 saturated heterocycles. The lowest BCUT2D eigenvalue weighted by Crippen LogP contribution is -2.22. The summed E-state index contributed by atoms with van der Waals surface area (Å²) in [5.41, 5.74) is 0. The van der Waals surface area contributed by atoms with Gasteiger partial charge in [0.25, 0.3) is 0 Å². The van der Waals surface area contributed by atoms with Gasteiger partial charge in [-0.15, -0.1) is 0 Å². The topological polar surface area (TPSA) is 6.48 Å². The van der Waals surface area contributed by atoms with Gasteiger partial charge in [0.1, 0.15) is 0 Å². The summed E-state index contributed by atoms with van der Waals surface area (Å²) in [7, 11) is 2.11. The van der Waals surface area contributed by atoms with Crippen LogP contribution >= 0.6 is 22.9 Å². The quantitative estimate of drug-likeness (QED) is 0.434. The zero-order valence-electron chi connectivity index (χ0n) is 4.39. The highest BCUT2D eigenvalue weighted by Gasteiger charge is 2.13. The summed E-state index contributed by atoms with van der Waals surface area (Å²) >= 11 is 2.32. The summed E-state index contributed by atoms with van der Waals surface area (Å²) < 4.78 is 2.21. The third-order valence-corrected chi connectivity index (χ3v) is 2.41. The molecule has 0 radical (unpaired) electrons. The van der Waals surface area contributed by atoms with Gasteiger partial charge in [-0.25, -0.2) is 5.01 Å². The average molecular weight is 212 g/mol. The molecule has 0 saturated carbocycles. The van der Waals surface area contributed by atoms with E-state index < -0.39 is 0 Å². The minimum Gasteiger partial charge on any atom is -0.236 e. The molecule has 0 unspecified atom stereocenters. The molecule has 3 heteroatoms. The monoisotopic (exact) mass is 212 g/mol. The third kappa shape index (κ3) is 1.27. The van der Waals surface area contributed by atoms with E-state index in [0.29, 0.717) is 0 Å². The molecular weight excluding hydrogens is 203 g/mol. The number of hydrazine groups is 1. The Morgan fingerprint density at radius 2 is 2.14 bits per heavy atom. The first-order valence-corrected chi connectivity index (χ1v) is 3.41. The van der Waals surface area contributed by atoms with Gasteiger partial charge in [-0.1, -0.05) is 0 Å². The second-order valence-corrected chi connectivity index (χ2v) is 2.91. The largest absolute Gasteiger partial charge is 0.236 e. The van der Waals surface area contributed by atoms with Crippen molar-refractivity contribution in [2.75, 3.05) is 20.1 Å². The smallest absolute Gasteiger partial charge is 0.0369 e. The van der Waals surface area contributed by atoms with Crippen molar-refractivity contribution < 1.29 is 0 Å². The van der Waals surface area contributed by atoms with Crippen LogP contribution in [0, 0.1) is 0 Å². The fourth-order valence-corrected chi connectivity index (χ4v) is 1.27. The number of rotatable bonds is 0. The Kier molecular flexibility index (Phi) is 1.88. The zero-order valence-corrected chi connectivity index (χ0v) is 6.55. The third-order valence-electron chi connectivity index (χ3n) is 1.19. The summed E-state index contributed by atoms with van der Waals surface area (Å²) in [4.78, 5) is 0. The van der Waals surface area contributed by atoms with Crippen molar-refractivity contribution in [1.29, 1.82) is 0 Å². The minimum absolute atomic E-state index is 1.22. The molecule has 1 aliphatic rings. The van der Waals surface area contributed by atoms with Gasteiger partial charge in [-0.05, 0) is 6.42 Å². The molecule has 0 amide bonds. The molecule has 0 atom stereocenters. The number of halogens is 1. The lowest BCUT2D eigenvalue weighted by molar-refractivity contribution is 0.202. The van der Waals surface area contributed by atoms with E-state index in [1.165, 1.54) is 19.5 Å². The Hall–Kier alpha value is 0.650. The maximum Gasteiger partial charge on any atom is 0.0369 e. The van der Waals surface area contributed by atoms with Crippen molar-refractivity contribution in [1.82, 2.24) is 8.23 Å². The molecule has 1 rings (SSSR count). The number of nitrogens with zero attached hydrogens (tertiary/aromatic N) is 2. The van der Waals surface area contributed by atoms with E-state index in [4.69, 9.17) is 0 Å². The first kappa shape index (κ1) is 5.78. The van der Waals surface area contributed by atoms with Gasteiger partial charge in [-0.2, -0.15) is 3.22 Å². The molecule has 0 aromatic heterocycles. The van der Waals surface area contributed by atoms with Gasteiger partial charge in [-0.3, -0.25) is 0 Å². The van der Waals surface area contributed by atoms with Gasteiger partial charge in [0.15, 0.2) is 0 Å². The van der Waals surface area contributed by atoms with Crippen molar-refractivity contribution in [3.63, 3.8) is 0 Å². The first-order valence-electron chi connectivity index (χ1n) is 2.45. The van der Waals surface area contributed by atoms with Crippen LogP contribution in [-0.4, -0.2) is 28.4 Å². The van der Waals surface area contributed by atoms with Gasteiger partial charge in [0.05, 0.1) is 0 Å². The van der Waals surface area contributed by atoms with Gasteiger partial charge < -0.3 is 0 Å². The second-order valence-electron chi connectivity index (χ2n) is 1.79. The van der Waals surface area contributed by atoms with E-state index in [2.05, 4.69) is 38.1 Å². The molecule has 42 valence electrons. The summed E-state index contributed by atoms with van der Waals surface area (Å²) in [6, 6.07) is 0. The zero-order chi connectivity index (χ0) is 5.28. The summed E-state index contributed by atoms with van der Waals surface area (Å²) in [5, 5.41) is 2.22. The van der Waals surface area contributed by atoms with E-state index in [0.717, 1.165) is 0 Å². The number of hydrogen-bond donors (Lipinski definition) is 0. The lowest BCUT2D eigenvalue weighted by atomic mass is 10.5. The summed E-state index contributed by atoms with van der Waals surface area (Å²) in [6.45, 7) is 2.44. The fourth-order valence-electron chi connectivity index (χ4n) is 0.709. The van der Waals surface area contributed by atoms with Gasteiger partial charge in [0, 0.05) is 43.0 Å². The summed E-state index contributed by atoms with van der Waals surface area (Å²) in [6.07, 6.45) is 1.32. The Morgan fingerprint density at radius 3 is 2.29 bits per heavy atom. The first-order chi connectivity index (χ1) is 3.30. The Bertz CT molecular complexity index is 58.7. The van der Waals surface area contributed by atoms with E-state index in [1.807, 2.05) is 0 Å². The molecule has 0 aliphatic carbocycles. The molecule has 0 aromatic carbocycles. The maximum absolute atomic E-state index is 2.32. The molecule has 7 heavy (non-hydrogen) atoms. The van der Waals surface area contributed by atoms with Crippen LogP contribution in [0.1, 0.15) is 6.42 Å². The standard InChI is InChI=1S/C4H9IN2/c1-6-3-2-4-7(6)5/h2-4H2,1H3. The van der Waals surface area contributed by atoms with Crippen LogP contribution in [0.4, 0.5) is 0 Å². The molecule has 0 bridgehead atoms. The van der Waals surface area contributed by atoms with E-state index in [9.17, 15) is 0 Å². The van der Waals surface area contributed by atoms with Crippen molar-refractivity contribution >= 4 is 22.9 Å². The molecule has 1 aliphatic heterocycles. The second kappa shape index (κ2) is 2.28. The van der Waals surface area contributed by atoms with Crippen LogP contribution in [0.5, 0.6) is 0 Å². The fraction of sp³-hybridized carbons (Fsp3) is 1.00. The van der Waals surface area contributed by atoms with E-state index in [1.54, 1.807) is 0 Å². The molecule has 1 fully saturated rings. The molecule has 0 aromatic rings. The van der Waals surface area contributed by atoms with Crippen molar-refractivity contribution in [2.45, 2.75) is 6.42 Å². The van der Waals surface area contributed by atoms with E-state index in [-0.39, 0.29) is 0 Å². The molecule has 1 heterocycles. The number of hydrogen-bond acceptors (Lipinski definition) is 2. The van der Waals surface area contributed by atoms with Crippen LogP contribution in [-0.2, 0) is 0 Å². The lowest BCUT2D eigenvalue weighted by Gasteiger charge is -2.14. The van der Waals surface area contributed by atoms with Crippen molar-refractivity contribution in [3.05, 3.63) is 0 Å². The predicted octanol–water partition coefficient (Wildman–Crippen LogP) is 0.889. The molecule has 0 N–H and O–H groups in total. The van der Waals surface area contributed by atoms with E-state index >= 15 is 0 Å². The predicted molar refractivity (Wildman–Crippen MR) is 38.0 cm³/mol. The Labute approximate surface area is 57.9 Å². The SMILES string of the molecule is CN1CCCN1I. The Balaban J connectivity index is 2.33. The molecule has 2 nitrogen and oxygen atoms in total. The Morgan fingerprint density at radius 1 is 1.43 bits per heavy atom. The van der Waals surface area contributed by atoms with Gasteiger partial charge >= 0.3 is 0 Å². The average Bonchev–Trinajstić information content (AvgIpc) is 1.91. The minimum atomic E-state index is 1.22. The van der Waals surface area contributed by atoms with Crippen molar-refractivity contribution in [2.24, 2.45) is 0 Å². The van der Waals surface area contributed by atoms with Crippen LogP contribution in [0.2, 0.25) is 0 Å². The normalized spacial score (nSPS) is 26.6. The van der Waals surface area contributed by atoms with Crippen molar-refractivity contribution in [3.8, 4) is 0 Å². The maximum atomic E-state index is 2.32. The highest BCUT2D eigenvalue weighted by molar-refractivity contribution is 14.1. The van der Waals surface area contributed by atoms with Crippen LogP contribution < -0.4 is 0 Å². The van der Waals surface area contributed by atoms with Crippen LogP contribution in [0.3, 0.4) is 0 Å². The van der Waals surface area contributed by atoms with Crippen LogP contribution in [0.25, 0.3) is 0 Å². The molecule has 0 spiro atoms. The van der Waals surface area contributed by atoms with Gasteiger partial charge in [0.2, 0.25) is 0 Å². The van der Waals surface area contributed by atoms with Crippen LogP contribution in [0.15, 0.2) is 0 Å². The highest BCUT2D eigenvalue weighted by atomic mass is 127. The molecular formula is C4H9IN2. The summed E-state index contributed by atoms with van der Waals surface area (Å²) in [5.74, 6) is 0. The highest BCUT2D eigenvalue weighted by Crippen LogP contribution is 2.11.